The predicted molar refractivity (Wildman–Crippen MR) is 174 cm³/mol. The van der Waals surface area contributed by atoms with E-state index in [2.05, 4.69) is 11.9 Å². The Kier molecular flexibility index (Phi) is 14.1. The number of aliphatic hydroxyl groups is 3. The third-order valence-electron chi connectivity index (χ3n) is 7.05. The maximum atomic E-state index is 13.7. The highest BCUT2D eigenvalue weighted by Gasteiger charge is 2.41. The van der Waals surface area contributed by atoms with E-state index in [-0.39, 0.29) is 45.1 Å². The Hall–Kier alpha value is -2.35. The van der Waals surface area contributed by atoms with Crippen LogP contribution in [0.15, 0.2) is 54.6 Å². The number of methoxy groups -OCH3 is 1. The number of hydrogen-bond donors (Lipinski definition) is 4. The zero-order valence-electron chi connectivity index (χ0n) is 23.9. The second kappa shape index (κ2) is 17.2. The molecule has 9 nitrogen and oxygen atoms in total. The number of hydrogen-bond acceptors (Lipinski definition) is 7. The second-order valence-corrected chi connectivity index (χ2v) is 12.1. The van der Waals surface area contributed by atoms with Crippen LogP contribution in [0.1, 0.15) is 43.2 Å². The highest BCUT2D eigenvalue weighted by atomic mass is 127. The number of aliphatic hydroxyl groups excluding tert-OH is 3. The lowest BCUT2D eigenvalue weighted by atomic mass is 9.87. The molecule has 0 fully saturated rings. The summed E-state index contributed by atoms with van der Waals surface area (Å²) < 4.78 is 12.4. The van der Waals surface area contributed by atoms with E-state index in [0.29, 0.717) is 48.2 Å². The average Bonchev–Trinajstić information content (AvgIpc) is 3.00. The minimum absolute atomic E-state index is 0.0402. The molecule has 1 aliphatic rings. The van der Waals surface area contributed by atoms with Crippen molar-refractivity contribution in [1.82, 2.24) is 10.2 Å². The minimum Gasteiger partial charge on any atom is -0.493 e. The summed E-state index contributed by atoms with van der Waals surface area (Å²) in [6, 6.07) is 7.60. The van der Waals surface area contributed by atoms with Crippen LogP contribution in [-0.2, 0) is 22.7 Å². The molecule has 0 bridgehead atoms. The number of benzene rings is 2. The van der Waals surface area contributed by atoms with Gasteiger partial charge in [0.1, 0.15) is 12.2 Å². The van der Waals surface area contributed by atoms with Crippen LogP contribution in [0.2, 0.25) is 10.0 Å². The molecule has 0 saturated carbocycles. The van der Waals surface area contributed by atoms with E-state index < -0.39 is 24.2 Å². The molecule has 0 saturated heterocycles. The normalized spacial score (nSPS) is 18.0. The van der Waals surface area contributed by atoms with Crippen molar-refractivity contribution in [3.8, 4) is 11.5 Å². The van der Waals surface area contributed by atoms with Crippen LogP contribution in [0.25, 0.3) is 0 Å². The number of nitrogens with zero attached hydrogens (tertiary/aromatic N) is 1. The molecule has 2 aromatic rings. The largest absolute Gasteiger partial charge is 0.493 e. The van der Waals surface area contributed by atoms with Gasteiger partial charge in [0.25, 0.3) is 0 Å². The Morgan fingerprint density at radius 1 is 1.16 bits per heavy atom. The molecule has 12 heteroatoms. The summed E-state index contributed by atoms with van der Waals surface area (Å²) in [5.41, 5.74) is 1.62. The Labute approximate surface area is 275 Å². The lowest BCUT2D eigenvalue weighted by Crippen LogP contribution is -2.54. The highest BCUT2D eigenvalue weighted by Crippen LogP contribution is 2.37. The van der Waals surface area contributed by atoms with Gasteiger partial charge < -0.3 is 35.0 Å². The van der Waals surface area contributed by atoms with E-state index in [1.165, 1.54) is 13.2 Å². The van der Waals surface area contributed by atoms with Crippen molar-refractivity contribution >= 4 is 57.6 Å². The third kappa shape index (κ3) is 9.57. The molecule has 2 amide bonds. The molecular weight excluding hydrogens is 710 g/mol. The van der Waals surface area contributed by atoms with E-state index in [9.17, 15) is 24.9 Å². The van der Waals surface area contributed by atoms with Gasteiger partial charge in [0.2, 0.25) is 11.8 Å². The van der Waals surface area contributed by atoms with Crippen LogP contribution < -0.4 is 14.8 Å². The lowest BCUT2D eigenvalue weighted by molar-refractivity contribution is -0.139. The van der Waals surface area contributed by atoms with Crippen molar-refractivity contribution in [1.29, 1.82) is 0 Å². The molecule has 3 rings (SSSR count). The Bertz CT molecular complexity index is 1320. The van der Waals surface area contributed by atoms with Gasteiger partial charge in [-0.15, -0.1) is 6.58 Å². The van der Waals surface area contributed by atoms with Crippen molar-refractivity contribution in [2.24, 2.45) is 0 Å². The van der Waals surface area contributed by atoms with Gasteiger partial charge in [-0.2, -0.15) is 0 Å². The monoisotopic (exact) mass is 746 g/mol. The van der Waals surface area contributed by atoms with Crippen LogP contribution >= 0.6 is 45.8 Å². The summed E-state index contributed by atoms with van der Waals surface area (Å²) in [6.07, 6.45) is 3.53. The van der Waals surface area contributed by atoms with Gasteiger partial charge in [-0.25, -0.2) is 0 Å². The Balaban J connectivity index is 2.03. The van der Waals surface area contributed by atoms with E-state index in [4.69, 9.17) is 32.7 Å². The van der Waals surface area contributed by atoms with Gasteiger partial charge in [-0.05, 0) is 83.3 Å². The molecule has 234 valence electrons. The van der Waals surface area contributed by atoms with Crippen molar-refractivity contribution in [3.05, 3.63) is 79.4 Å². The topological polar surface area (TPSA) is 129 Å². The maximum Gasteiger partial charge on any atom is 0.247 e. The summed E-state index contributed by atoms with van der Waals surface area (Å²) in [5.74, 6) is 0.0261. The molecule has 1 aliphatic carbocycles. The number of ether oxygens (including phenoxy) is 2. The molecule has 0 spiro atoms. The van der Waals surface area contributed by atoms with Crippen LogP contribution in [0.5, 0.6) is 11.5 Å². The van der Waals surface area contributed by atoms with Crippen molar-refractivity contribution in [2.45, 2.75) is 63.5 Å². The molecule has 0 aliphatic heterocycles. The summed E-state index contributed by atoms with van der Waals surface area (Å²) in [4.78, 5) is 28.4. The van der Waals surface area contributed by atoms with Gasteiger partial charge in [-0.1, -0.05) is 35.3 Å². The van der Waals surface area contributed by atoms with Crippen molar-refractivity contribution < 1.29 is 34.4 Å². The molecule has 0 radical (unpaired) electrons. The predicted octanol–water partition coefficient (Wildman–Crippen LogP) is 4.79. The van der Waals surface area contributed by atoms with E-state index >= 15 is 0 Å². The lowest BCUT2D eigenvalue weighted by Gasteiger charge is -2.41. The molecule has 4 N–H and O–H groups in total. The molecule has 3 unspecified atom stereocenters. The number of carbonyl (C=O) groups is 2. The van der Waals surface area contributed by atoms with Gasteiger partial charge in [0, 0.05) is 31.5 Å². The van der Waals surface area contributed by atoms with Gasteiger partial charge in [0.05, 0.1) is 40.0 Å². The molecule has 2 aromatic carbocycles. The number of rotatable bonds is 15. The molecular formula is C31H37Cl2IN2O7. The van der Waals surface area contributed by atoms with Crippen LogP contribution in [0.4, 0.5) is 0 Å². The maximum absolute atomic E-state index is 13.7. The van der Waals surface area contributed by atoms with Gasteiger partial charge in [-0.3, -0.25) is 9.59 Å². The van der Waals surface area contributed by atoms with E-state index in [1.807, 2.05) is 22.6 Å². The summed E-state index contributed by atoms with van der Waals surface area (Å²) in [5, 5.41) is 34.0. The van der Waals surface area contributed by atoms with Crippen molar-refractivity contribution in [3.63, 3.8) is 0 Å². The average molecular weight is 747 g/mol. The first kappa shape index (κ1) is 35.1. The highest BCUT2D eigenvalue weighted by molar-refractivity contribution is 14.1. The smallest absolute Gasteiger partial charge is 0.247 e. The standard InChI is InChI=1S/C31H37Cl2IN2O7/c1-3-4-5-6-7-28(39)36(17-19-8-9-22(32)23(33)12-19)25-15-21(31(41)35-10-11-37)16-26(29(25)40)43-30-24(34)13-20(18-38)14-27(30)42-2/h3,8-9,12-14,16,25-26,29,37-38,40H,1,4-7,10-11,15,17-18H2,2H3,(H,35,41). The van der Waals surface area contributed by atoms with Crippen LogP contribution in [0.3, 0.4) is 0 Å². The summed E-state index contributed by atoms with van der Waals surface area (Å²) in [7, 11) is 1.47. The van der Waals surface area contributed by atoms with Gasteiger partial charge >= 0.3 is 0 Å². The minimum atomic E-state index is -1.23. The quantitative estimate of drug-likeness (QED) is 0.117. The first-order valence-corrected chi connectivity index (χ1v) is 15.7. The number of unbranched alkanes of at least 4 members (excludes halogenated alkanes) is 2. The van der Waals surface area contributed by atoms with E-state index in [1.54, 1.807) is 41.3 Å². The fraction of sp³-hybridized carbons (Fsp3) is 0.419. The number of carbonyl (C=O) groups excluding carboxylic acids is 2. The van der Waals surface area contributed by atoms with Crippen molar-refractivity contribution in [2.75, 3.05) is 20.3 Å². The van der Waals surface area contributed by atoms with Crippen LogP contribution in [0, 0.1) is 3.57 Å². The number of halogens is 3. The Morgan fingerprint density at radius 2 is 1.93 bits per heavy atom. The fourth-order valence-corrected chi connectivity index (χ4v) is 5.94. The second-order valence-electron chi connectivity index (χ2n) is 10.1. The molecule has 0 heterocycles. The SMILES string of the molecule is C=CCCCCC(=O)N(Cc1ccc(Cl)c(Cl)c1)C1CC(C(=O)NCCO)=CC(Oc2c(I)cc(CO)cc2OC)C1O. The zero-order valence-corrected chi connectivity index (χ0v) is 27.6. The fourth-order valence-electron chi connectivity index (χ4n) is 4.83. The molecule has 0 aromatic heterocycles. The first-order valence-electron chi connectivity index (χ1n) is 13.9. The van der Waals surface area contributed by atoms with Gasteiger partial charge in [0.15, 0.2) is 11.5 Å². The first-order chi connectivity index (χ1) is 20.6. The number of amides is 2. The Morgan fingerprint density at radius 3 is 2.58 bits per heavy atom. The van der Waals surface area contributed by atoms with Crippen LogP contribution in [-0.4, -0.2) is 70.5 Å². The number of nitrogens with one attached hydrogen (secondary N) is 1. The summed E-state index contributed by atoms with van der Waals surface area (Å²) in [6.45, 7) is 3.45. The third-order valence-corrected chi connectivity index (χ3v) is 8.59. The molecule has 43 heavy (non-hydrogen) atoms. The molecule has 3 atom stereocenters. The zero-order chi connectivity index (χ0) is 31.5. The summed E-state index contributed by atoms with van der Waals surface area (Å²) >= 11 is 14.5. The number of allylic oxidation sites excluding steroid dienone is 1. The van der Waals surface area contributed by atoms with E-state index in [0.717, 1.165) is 12.8 Å².